The first-order valence-corrected chi connectivity index (χ1v) is 8.51. The van der Waals surface area contributed by atoms with Gasteiger partial charge in [0.15, 0.2) is 0 Å². The molecule has 1 unspecified atom stereocenters. The molecular formula is C18H26O5S. The number of carbonyl (C=O) groups is 2. The number of esters is 1. The van der Waals surface area contributed by atoms with Crippen LogP contribution in [0.1, 0.15) is 49.2 Å². The maximum absolute atomic E-state index is 12.5. The molecule has 0 N–H and O–H groups in total. The third kappa shape index (κ3) is 5.44. The van der Waals surface area contributed by atoms with Gasteiger partial charge in [0.1, 0.15) is 11.9 Å². The summed E-state index contributed by atoms with van der Waals surface area (Å²) in [5.74, 6) is 0.397. The van der Waals surface area contributed by atoms with Crippen molar-refractivity contribution in [3.63, 3.8) is 0 Å². The average molecular weight is 354 g/mol. The maximum atomic E-state index is 12.5. The third-order valence-electron chi connectivity index (χ3n) is 3.58. The number of carbonyl (C=O) groups excluding carboxylic acids is 2. The fourth-order valence-corrected chi connectivity index (χ4v) is 2.66. The fourth-order valence-electron chi connectivity index (χ4n) is 2.04. The second-order valence-corrected chi connectivity index (χ2v) is 7.03. The van der Waals surface area contributed by atoms with Gasteiger partial charge in [0.05, 0.1) is 12.2 Å². The Labute approximate surface area is 149 Å². The lowest BCUT2D eigenvalue weighted by Crippen LogP contribution is -2.33. The van der Waals surface area contributed by atoms with E-state index >= 15 is 0 Å². The first kappa shape index (κ1) is 20.4. The molecule has 5 nitrogen and oxygen atoms in total. The Morgan fingerprint density at radius 1 is 1.17 bits per heavy atom. The number of ether oxygens (including phenoxy) is 3. The highest BCUT2D eigenvalue weighted by Gasteiger charge is 2.28. The molecule has 0 heterocycles. The second kappa shape index (κ2) is 8.42. The Kier molecular flexibility index (Phi) is 7.14. The molecule has 0 amide bonds. The van der Waals surface area contributed by atoms with Gasteiger partial charge in [-0.05, 0) is 49.4 Å². The predicted molar refractivity (Wildman–Crippen MR) is 96.1 cm³/mol. The van der Waals surface area contributed by atoms with Crippen LogP contribution in [0.4, 0.5) is 4.79 Å². The SMILES string of the molecule is CCOC(=O)Oc1cc(C)c(C(=O)OC(CS)C(C)(C)C)cc1C. The van der Waals surface area contributed by atoms with Crippen molar-refractivity contribution in [2.75, 3.05) is 12.4 Å². The Balaban J connectivity index is 2.99. The Morgan fingerprint density at radius 3 is 2.29 bits per heavy atom. The molecule has 1 rings (SSSR count). The van der Waals surface area contributed by atoms with E-state index in [1.807, 2.05) is 20.8 Å². The molecule has 0 saturated carbocycles. The van der Waals surface area contributed by atoms with Gasteiger partial charge in [0.25, 0.3) is 0 Å². The summed E-state index contributed by atoms with van der Waals surface area (Å²) in [6.45, 7) is 11.4. The van der Waals surface area contributed by atoms with Crippen LogP contribution < -0.4 is 4.74 Å². The van der Waals surface area contributed by atoms with Crippen LogP contribution in [0.25, 0.3) is 0 Å². The van der Waals surface area contributed by atoms with E-state index in [0.717, 1.165) is 0 Å². The fraction of sp³-hybridized carbons (Fsp3) is 0.556. The number of benzene rings is 1. The number of rotatable bonds is 5. The van der Waals surface area contributed by atoms with Crippen LogP contribution in [0.2, 0.25) is 0 Å². The molecule has 0 aliphatic carbocycles. The van der Waals surface area contributed by atoms with Crippen LogP contribution in [-0.4, -0.2) is 30.6 Å². The Hall–Kier alpha value is -1.69. The van der Waals surface area contributed by atoms with Gasteiger partial charge in [-0.3, -0.25) is 0 Å². The van der Waals surface area contributed by atoms with Gasteiger partial charge in [-0.15, -0.1) is 0 Å². The summed E-state index contributed by atoms with van der Waals surface area (Å²) in [5.41, 5.74) is 1.56. The number of thiol groups is 1. The lowest BCUT2D eigenvalue weighted by Gasteiger charge is -2.29. The van der Waals surface area contributed by atoms with Crippen LogP contribution >= 0.6 is 12.6 Å². The number of hydrogen-bond donors (Lipinski definition) is 1. The molecule has 0 bridgehead atoms. The quantitative estimate of drug-likeness (QED) is 0.484. The number of hydrogen-bond acceptors (Lipinski definition) is 6. The first-order chi connectivity index (χ1) is 11.1. The molecular weight excluding hydrogens is 328 g/mol. The summed E-state index contributed by atoms with van der Waals surface area (Å²) in [4.78, 5) is 23.9. The van der Waals surface area contributed by atoms with Crippen LogP contribution in [0.3, 0.4) is 0 Å². The van der Waals surface area contributed by atoms with E-state index in [0.29, 0.717) is 28.2 Å². The minimum Gasteiger partial charge on any atom is -0.457 e. The van der Waals surface area contributed by atoms with Gasteiger partial charge >= 0.3 is 12.1 Å². The monoisotopic (exact) mass is 354 g/mol. The van der Waals surface area contributed by atoms with Crippen molar-refractivity contribution >= 4 is 24.8 Å². The highest BCUT2D eigenvalue weighted by molar-refractivity contribution is 7.80. The van der Waals surface area contributed by atoms with Gasteiger partial charge in [-0.25, -0.2) is 9.59 Å². The highest BCUT2D eigenvalue weighted by Crippen LogP contribution is 2.27. The van der Waals surface area contributed by atoms with Crippen molar-refractivity contribution in [2.45, 2.75) is 47.6 Å². The normalized spacial score (nSPS) is 12.5. The molecule has 0 radical (unpaired) electrons. The van der Waals surface area contributed by atoms with Crippen LogP contribution in [0.15, 0.2) is 12.1 Å². The van der Waals surface area contributed by atoms with Crippen LogP contribution in [0, 0.1) is 19.3 Å². The van der Waals surface area contributed by atoms with Crippen LogP contribution in [0.5, 0.6) is 5.75 Å². The van der Waals surface area contributed by atoms with E-state index in [-0.39, 0.29) is 18.1 Å². The van der Waals surface area contributed by atoms with Crippen molar-refractivity contribution < 1.29 is 23.8 Å². The van der Waals surface area contributed by atoms with Gasteiger partial charge in [-0.2, -0.15) is 12.6 Å². The summed E-state index contributed by atoms with van der Waals surface area (Å²) in [5, 5.41) is 0. The molecule has 0 aromatic heterocycles. The molecule has 0 saturated heterocycles. The van der Waals surface area contributed by atoms with E-state index in [2.05, 4.69) is 12.6 Å². The van der Waals surface area contributed by atoms with E-state index in [1.165, 1.54) is 0 Å². The summed E-state index contributed by atoms with van der Waals surface area (Å²) < 4.78 is 15.5. The van der Waals surface area contributed by atoms with E-state index in [9.17, 15) is 9.59 Å². The largest absolute Gasteiger partial charge is 0.513 e. The second-order valence-electron chi connectivity index (χ2n) is 6.66. The number of aryl methyl sites for hydroxylation is 2. The van der Waals surface area contributed by atoms with Crippen molar-refractivity contribution in [1.29, 1.82) is 0 Å². The Morgan fingerprint density at radius 2 is 1.79 bits per heavy atom. The standard InChI is InChI=1S/C18H26O5S/c1-7-21-17(20)22-14-9-11(2)13(8-12(14)3)16(19)23-15(10-24)18(4,5)6/h8-9,15,24H,7,10H2,1-6H3. The smallest absolute Gasteiger partial charge is 0.457 e. The molecule has 0 fully saturated rings. The maximum Gasteiger partial charge on any atom is 0.513 e. The summed E-state index contributed by atoms with van der Waals surface area (Å²) >= 11 is 4.27. The lowest BCUT2D eigenvalue weighted by molar-refractivity contribution is 0.00662. The molecule has 0 spiro atoms. The van der Waals surface area contributed by atoms with Gasteiger partial charge in [-0.1, -0.05) is 20.8 Å². The minimum absolute atomic E-state index is 0.201. The first-order valence-electron chi connectivity index (χ1n) is 7.87. The van der Waals surface area contributed by atoms with Crippen molar-refractivity contribution in [1.82, 2.24) is 0 Å². The van der Waals surface area contributed by atoms with Crippen molar-refractivity contribution in [2.24, 2.45) is 5.41 Å². The third-order valence-corrected chi connectivity index (χ3v) is 3.91. The summed E-state index contributed by atoms with van der Waals surface area (Å²) in [6.07, 6.45) is -1.07. The zero-order valence-corrected chi connectivity index (χ0v) is 16.0. The van der Waals surface area contributed by atoms with Gasteiger partial charge in [0, 0.05) is 5.75 Å². The zero-order chi connectivity index (χ0) is 18.5. The van der Waals surface area contributed by atoms with E-state index in [4.69, 9.17) is 14.2 Å². The summed E-state index contributed by atoms with van der Waals surface area (Å²) in [6, 6.07) is 3.29. The molecule has 0 aliphatic heterocycles. The van der Waals surface area contributed by atoms with E-state index in [1.54, 1.807) is 32.9 Å². The average Bonchev–Trinajstić information content (AvgIpc) is 2.46. The zero-order valence-electron chi connectivity index (χ0n) is 15.1. The van der Waals surface area contributed by atoms with Crippen molar-refractivity contribution in [3.05, 3.63) is 28.8 Å². The van der Waals surface area contributed by atoms with Crippen molar-refractivity contribution in [3.8, 4) is 5.75 Å². The molecule has 1 aromatic carbocycles. The van der Waals surface area contributed by atoms with Gasteiger partial charge < -0.3 is 14.2 Å². The Bertz CT molecular complexity index is 604. The molecule has 24 heavy (non-hydrogen) atoms. The molecule has 1 atom stereocenters. The molecule has 134 valence electrons. The molecule has 1 aromatic rings. The highest BCUT2D eigenvalue weighted by atomic mass is 32.1. The van der Waals surface area contributed by atoms with Gasteiger partial charge in [0.2, 0.25) is 0 Å². The topological polar surface area (TPSA) is 61.8 Å². The van der Waals surface area contributed by atoms with Crippen LogP contribution in [-0.2, 0) is 9.47 Å². The lowest BCUT2D eigenvalue weighted by atomic mass is 9.90. The predicted octanol–water partition coefficient (Wildman–Crippen LogP) is 4.34. The molecule has 0 aliphatic rings. The summed E-state index contributed by atoms with van der Waals surface area (Å²) in [7, 11) is 0. The van der Waals surface area contributed by atoms with E-state index < -0.39 is 12.1 Å². The minimum atomic E-state index is -0.766. The molecule has 6 heteroatoms.